The molecule has 0 aliphatic carbocycles. The normalized spacial score (nSPS) is 9.60. The summed E-state index contributed by atoms with van der Waals surface area (Å²) in [6, 6.07) is 6.27. The Labute approximate surface area is 101 Å². The smallest absolute Gasteiger partial charge is 0.294 e. The Hall–Kier alpha value is -0.391. The van der Waals surface area contributed by atoms with Gasteiger partial charge in [0.15, 0.2) is 0 Å². The maximum atomic E-state index is 10.6. The molecule has 0 aliphatic heterocycles. The van der Waals surface area contributed by atoms with Crippen molar-refractivity contribution in [1.82, 2.24) is 0 Å². The van der Waals surface area contributed by atoms with Gasteiger partial charge < -0.3 is 5.11 Å². The van der Waals surface area contributed by atoms with E-state index in [4.69, 9.17) is 9.66 Å². The van der Waals surface area contributed by atoms with E-state index < -0.39 is 10.1 Å². The second kappa shape index (κ2) is 7.84. The van der Waals surface area contributed by atoms with Gasteiger partial charge in [0, 0.05) is 23.7 Å². The van der Waals surface area contributed by atoms with E-state index >= 15 is 0 Å². The summed E-state index contributed by atoms with van der Waals surface area (Å²) in [7, 11) is -4.03. The molecular weight excluding hydrogens is 260 g/mol. The van der Waals surface area contributed by atoms with E-state index in [9.17, 15) is 8.42 Å². The third kappa shape index (κ3) is 6.65. The molecule has 0 saturated heterocycles. The minimum atomic E-state index is -4.03. The van der Waals surface area contributed by atoms with E-state index in [1.807, 2.05) is 0 Å². The maximum Gasteiger partial charge on any atom is 0.294 e. The summed E-state index contributed by atoms with van der Waals surface area (Å²) in [6.07, 6.45) is 0. The van der Waals surface area contributed by atoms with Crippen molar-refractivity contribution >= 4 is 10.1 Å². The van der Waals surface area contributed by atoms with E-state index in [2.05, 4.69) is 0 Å². The minimum absolute atomic E-state index is 0. The van der Waals surface area contributed by atoms with Crippen molar-refractivity contribution in [2.24, 2.45) is 0 Å². The van der Waals surface area contributed by atoms with E-state index in [0.29, 0.717) is 5.56 Å². The molecule has 4 nitrogen and oxygen atoms in total. The third-order valence-corrected chi connectivity index (χ3v) is 2.39. The zero-order valence-electron chi connectivity index (χ0n) is 8.49. The number of hydrogen-bond donors (Lipinski definition) is 2. The van der Waals surface area contributed by atoms with Crippen LogP contribution >= 0.6 is 0 Å². The van der Waals surface area contributed by atoms with Crippen LogP contribution < -0.4 is 0 Å². The van der Waals surface area contributed by atoms with Crippen LogP contribution in [0.25, 0.3) is 0 Å². The second-order valence-corrected chi connectivity index (χ2v) is 3.95. The molecule has 88 valence electrons. The van der Waals surface area contributed by atoms with Gasteiger partial charge in [0.2, 0.25) is 0 Å². The average molecular weight is 274 g/mol. The molecule has 0 aliphatic rings. The third-order valence-electron chi connectivity index (χ3n) is 1.37. The quantitative estimate of drug-likeness (QED) is 0.596. The molecular formula is C9H14FeO4S. The molecule has 0 spiro atoms. The first-order valence-corrected chi connectivity index (χ1v) is 5.51. The molecule has 0 fully saturated rings. The Morgan fingerprint density at radius 2 is 1.67 bits per heavy atom. The van der Waals surface area contributed by atoms with Crippen LogP contribution in [0.15, 0.2) is 29.2 Å². The van der Waals surface area contributed by atoms with Crippen LogP contribution in [-0.2, 0) is 27.2 Å². The van der Waals surface area contributed by atoms with Crippen molar-refractivity contribution in [2.45, 2.75) is 18.7 Å². The SMILES string of the molecule is CCO.Cc1ccccc1S(=O)(=O)O.[Fe]. The Morgan fingerprint density at radius 1 is 1.27 bits per heavy atom. The monoisotopic (exact) mass is 274 g/mol. The molecule has 1 aromatic rings. The zero-order valence-corrected chi connectivity index (χ0v) is 10.4. The molecule has 1 rings (SSSR count). The predicted octanol–water partition coefficient (Wildman–Crippen LogP) is 1.24. The van der Waals surface area contributed by atoms with Gasteiger partial charge in [-0.15, -0.1) is 0 Å². The number of rotatable bonds is 1. The molecule has 0 unspecified atom stereocenters. The summed E-state index contributed by atoms with van der Waals surface area (Å²) in [5.41, 5.74) is 0.551. The van der Waals surface area contributed by atoms with Crippen LogP contribution in [0.1, 0.15) is 12.5 Å². The van der Waals surface area contributed by atoms with E-state index in [0.717, 1.165) is 0 Å². The fraction of sp³-hybridized carbons (Fsp3) is 0.333. The summed E-state index contributed by atoms with van der Waals surface area (Å²) in [6.45, 7) is 3.56. The van der Waals surface area contributed by atoms with Crippen LogP contribution in [0, 0.1) is 6.92 Å². The summed E-state index contributed by atoms with van der Waals surface area (Å²) >= 11 is 0. The van der Waals surface area contributed by atoms with Gasteiger partial charge in [-0.25, -0.2) is 0 Å². The largest absolute Gasteiger partial charge is 0.397 e. The van der Waals surface area contributed by atoms with Crippen LogP contribution in [0.5, 0.6) is 0 Å². The summed E-state index contributed by atoms with van der Waals surface area (Å²) < 4.78 is 29.9. The van der Waals surface area contributed by atoms with Crippen molar-refractivity contribution in [3.8, 4) is 0 Å². The number of hydrogen-bond acceptors (Lipinski definition) is 3. The molecule has 1 aromatic carbocycles. The average Bonchev–Trinajstić information content (AvgIpc) is 2.04. The van der Waals surface area contributed by atoms with Crippen molar-refractivity contribution in [3.05, 3.63) is 29.8 Å². The molecule has 0 bridgehead atoms. The fourth-order valence-corrected chi connectivity index (χ4v) is 1.57. The van der Waals surface area contributed by atoms with E-state index in [-0.39, 0.29) is 28.6 Å². The zero-order chi connectivity index (χ0) is 11.2. The first-order chi connectivity index (χ1) is 6.43. The Morgan fingerprint density at radius 3 is 1.93 bits per heavy atom. The van der Waals surface area contributed by atoms with Gasteiger partial charge in [-0.3, -0.25) is 4.55 Å². The Balaban J connectivity index is 0. The van der Waals surface area contributed by atoms with E-state index in [1.165, 1.54) is 6.07 Å². The molecule has 2 N–H and O–H groups in total. The van der Waals surface area contributed by atoms with E-state index in [1.54, 1.807) is 32.0 Å². The fourth-order valence-electron chi connectivity index (χ4n) is 0.846. The van der Waals surface area contributed by atoms with Crippen LogP contribution in [0.2, 0.25) is 0 Å². The van der Waals surface area contributed by atoms with Crippen molar-refractivity contribution < 1.29 is 35.1 Å². The minimum Gasteiger partial charge on any atom is -0.397 e. The first kappa shape index (κ1) is 17.0. The maximum absolute atomic E-state index is 10.6. The van der Waals surface area contributed by atoms with Gasteiger partial charge >= 0.3 is 0 Å². The van der Waals surface area contributed by atoms with Crippen molar-refractivity contribution in [2.75, 3.05) is 6.61 Å². The Kier molecular flexibility index (Phi) is 8.90. The topological polar surface area (TPSA) is 74.6 Å². The van der Waals surface area contributed by atoms with Crippen LogP contribution in [0.3, 0.4) is 0 Å². The molecule has 6 heteroatoms. The molecule has 0 amide bonds. The second-order valence-electron chi connectivity index (χ2n) is 2.56. The van der Waals surface area contributed by atoms with Crippen molar-refractivity contribution in [3.63, 3.8) is 0 Å². The van der Waals surface area contributed by atoms with Crippen LogP contribution in [-0.4, -0.2) is 24.7 Å². The van der Waals surface area contributed by atoms with Gasteiger partial charge in [0.1, 0.15) is 0 Å². The molecule has 0 atom stereocenters. The standard InChI is InChI=1S/C7H8O3S.C2H6O.Fe/c1-6-4-2-3-5-7(6)11(8,9)10;1-2-3;/h2-5H,1H3,(H,8,9,10);3H,2H2,1H3;. The van der Waals surface area contributed by atoms with Gasteiger partial charge in [0.05, 0.1) is 4.90 Å². The summed E-state index contributed by atoms with van der Waals surface area (Å²) in [5, 5.41) is 7.57. The van der Waals surface area contributed by atoms with Crippen molar-refractivity contribution in [1.29, 1.82) is 0 Å². The predicted molar refractivity (Wildman–Crippen MR) is 53.8 cm³/mol. The summed E-state index contributed by atoms with van der Waals surface area (Å²) in [4.78, 5) is -0.0278. The molecule has 0 heterocycles. The van der Waals surface area contributed by atoms with Gasteiger partial charge in [0.25, 0.3) is 10.1 Å². The molecule has 0 saturated carbocycles. The number of benzene rings is 1. The van der Waals surface area contributed by atoms with Gasteiger partial charge in [-0.1, -0.05) is 18.2 Å². The molecule has 0 radical (unpaired) electrons. The van der Waals surface area contributed by atoms with Gasteiger partial charge in [-0.2, -0.15) is 8.42 Å². The molecule has 15 heavy (non-hydrogen) atoms. The number of aliphatic hydroxyl groups is 1. The van der Waals surface area contributed by atoms with Crippen LogP contribution in [0.4, 0.5) is 0 Å². The Bertz CT molecular complexity index is 375. The first-order valence-electron chi connectivity index (χ1n) is 4.07. The number of aryl methyl sites for hydroxylation is 1. The van der Waals surface area contributed by atoms with Gasteiger partial charge in [-0.05, 0) is 25.5 Å². The summed E-state index contributed by atoms with van der Waals surface area (Å²) in [5.74, 6) is 0. The molecule has 0 aromatic heterocycles. The number of aliphatic hydroxyl groups excluding tert-OH is 1.